The van der Waals surface area contributed by atoms with Crippen molar-refractivity contribution in [1.82, 2.24) is 10.0 Å². The Balaban J connectivity index is 2.73. The summed E-state index contributed by atoms with van der Waals surface area (Å²) in [4.78, 5) is 0.226. The molecular formula is C14H24N2O3S2. The summed E-state index contributed by atoms with van der Waals surface area (Å²) < 4.78 is 38.0. The van der Waals surface area contributed by atoms with Crippen LogP contribution in [0.25, 0.3) is 0 Å². The quantitative estimate of drug-likeness (QED) is 0.751. The zero-order valence-electron chi connectivity index (χ0n) is 12.9. The highest BCUT2D eigenvalue weighted by atomic mass is 32.2. The first-order chi connectivity index (χ1) is 9.70. The fraction of sp³-hybridized carbons (Fsp3) is 0.571. The molecule has 120 valence electrons. The largest absolute Gasteiger partial charge is 0.310 e. The number of sulfonamides is 1. The molecule has 0 spiro atoms. The minimum atomic E-state index is -3.56. The van der Waals surface area contributed by atoms with Gasteiger partial charge in [0, 0.05) is 41.4 Å². The Morgan fingerprint density at radius 1 is 1.14 bits per heavy atom. The lowest BCUT2D eigenvalue weighted by Gasteiger charge is -2.13. The molecule has 2 unspecified atom stereocenters. The van der Waals surface area contributed by atoms with Crippen LogP contribution in [0, 0.1) is 0 Å². The highest BCUT2D eigenvalue weighted by Crippen LogP contribution is 2.11. The van der Waals surface area contributed by atoms with Gasteiger partial charge >= 0.3 is 0 Å². The summed E-state index contributed by atoms with van der Waals surface area (Å²) in [5, 5.41) is 3.27. The van der Waals surface area contributed by atoms with E-state index in [2.05, 4.69) is 23.9 Å². The predicted octanol–water partition coefficient (Wildman–Crippen LogP) is 1.23. The Bertz CT molecular complexity index is 568. The van der Waals surface area contributed by atoms with E-state index in [-0.39, 0.29) is 10.9 Å². The third-order valence-electron chi connectivity index (χ3n) is 2.79. The van der Waals surface area contributed by atoms with Gasteiger partial charge in [0.15, 0.2) is 0 Å². The first-order valence-electron chi connectivity index (χ1n) is 6.85. The number of rotatable bonds is 8. The topological polar surface area (TPSA) is 75.3 Å². The second-order valence-corrected chi connectivity index (χ2v) is 8.64. The predicted molar refractivity (Wildman–Crippen MR) is 87.1 cm³/mol. The van der Waals surface area contributed by atoms with E-state index >= 15 is 0 Å². The monoisotopic (exact) mass is 332 g/mol. The lowest BCUT2D eigenvalue weighted by molar-refractivity contribution is 0.569. The molecule has 1 rings (SSSR count). The summed E-state index contributed by atoms with van der Waals surface area (Å²) in [6, 6.07) is 6.80. The van der Waals surface area contributed by atoms with E-state index in [1.165, 1.54) is 0 Å². The molecule has 0 aliphatic rings. The Hall–Kier alpha value is -0.760. The van der Waals surface area contributed by atoms with Crippen LogP contribution in [0.5, 0.6) is 0 Å². The summed E-state index contributed by atoms with van der Waals surface area (Å²) in [5.74, 6) is 0.301. The van der Waals surface area contributed by atoms with E-state index in [1.807, 2.05) is 0 Å². The zero-order valence-corrected chi connectivity index (χ0v) is 14.6. The molecule has 0 aromatic heterocycles. The van der Waals surface area contributed by atoms with E-state index < -0.39 is 20.8 Å². The van der Waals surface area contributed by atoms with Crippen LogP contribution in [0.4, 0.5) is 0 Å². The molecule has 0 saturated carbocycles. The van der Waals surface area contributed by atoms with E-state index in [0.29, 0.717) is 18.3 Å². The molecule has 1 aromatic carbocycles. The molecule has 0 bridgehead atoms. The van der Waals surface area contributed by atoms with Gasteiger partial charge in [-0.25, -0.2) is 13.1 Å². The lowest BCUT2D eigenvalue weighted by atomic mass is 10.2. The van der Waals surface area contributed by atoms with Gasteiger partial charge in [-0.3, -0.25) is 4.21 Å². The van der Waals surface area contributed by atoms with Crippen molar-refractivity contribution in [2.75, 3.05) is 12.0 Å². The molecule has 0 aliphatic heterocycles. The van der Waals surface area contributed by atoms with E-state index in [9.17, 15) is 12.6 Å². The summed E-state index contributed by atoms with van der Waals surface area (Å²) in [6.07, 6.45) is 1.56. The van der Waals surface area contributed by atoms with Crippen LogP contribution < -0.4 is 10.0 Å². The lowest BCUT2D eigenvalue weighted by Crippen LogP contribution is -2.36. The Kier molecular flexibility index (Phi) is 6.99. The minimum absolute atomic E-state index is 0.226. The molecule has 1 aromatic rings. The molecule has 5 nitrogen and oxygen atoms in total. The third-order valence-corrected chi connectivity index (χ3v) is 5.36. The SMILES string of the molecule is CC(C)NCc1ccc(S(=O)(=O)NC(C)CS(C)=O)cc1. The maximum atomic E-state index is 12.2. The highest BCUT2D eigenvalue weighted by molar-refractivity contribution is 7.89. The summed E-state index contributed by atoms with van der Waals surface area (Å²) in [6.45, 7) is 6.53. The Morgan fingerprint density at radius 2 is 1.71 bits per heavy atom. The summed E-state index contributed by atoms with van der Waals surface area (Å²) in [5.41, 5.74) is 1.03. The molecule has 0 radical (unpaired) electrons. The van der Waals surface area contributed by atoms with Crippen LogP contribution in [0.3, 0.4) is 0 Å². The van der Waals surface area contributed by atoms with Crippen LogP contribution in [-0.4, -0.2) is 36.7 Å². The van der Waals surface area contributed by atoms with Gasteiger partial charge in [0.05, 0.1) is 4.90 Å². The van der Waals surface area contributed by atoms with Crippen molar-refractivity contribution < 1.29 is 12.6 Å². The van der Waals surface area contributed by atoms with Gasteiger partial charge < -0.3 is 5.32 Å². The van der Waals surface area contributed by atoms with Crippen molar-refractivity contribution in [3.63, 3.8) is 0 Å². The smallest absolute Gasteiger partial charge is 0.240 e. The van der Waals surface area contributed by atoms with Crippen LogP contribution >= 0.6 is 0 Å². The molecule has 7 heteroatoms. The van der Waals surface area contributed by atoms with Crippen LogP contribution in [0.15, 0.2) is 29.2 Å². The van der Waals surface area contributed by atoms with Gasteiger partial charge in [-0.1, -0.05) is 26.0 Å². The van der Waals surface area contributed by atoms with Crippen LogP contribution in [0.2, 0.25) is 0 Å². The molecule has 2 N–H and O–H groups in total. The van der Waals surface area contributed by atoms with Crippen molar-refractivity contribution in [2.24, 2.45) is 0 Å². The van der Waals surface area contributed by atoms with Crippen LogP contribution in [-0.2, 0) is 27.4 Å². The van der Waals surface area contributed by atoms with Gasteiger partial charge in [0.1, 0.15) is 0 Å². The number of hydrogen-bond donors (Lipinski definition) is 2. The van der Waals surface area contributed by atoms with Gasteiger partial charge in [0.2, 0.25) is 10.0 Å². The Morgan fingerprint density at radius 3 is 2.19 bits per heavy atom. The van der Waals surface area contributed by atoms with Gasteiger partial charge in [-0.05, 0) is 24.6 Å². The van der Waals surface area contributed by atoms with Crippen LogP contribution in [0.1, 0.15) is 26.3 Å². The van der Waals surface area contributed by atoms with E-state index in [0.717, 1.165) is 5.56 Å². The van der Waals surface area contributed by atoms with Crippen molar-refractivity contribution in [2.45, 2.75) is 44.3 Å². The van der Waals surface area contributed by atoms with Crippen molar-refractivity contribution in [3.05, 3.63) is 29.8 Å². The maximum Gasteiger partial charge on any atom is 0.240 e. The average molecular weight is 332 g/mol. The third kappa shape index (κ3) is 6.69. The molecule has 0 amide bonds. The fourth-order valence-corrected chi connectivity index (χ4v) is 3.96. The minimum Gasteiger partial charge on any atom is -0.310 e. The van der Waals surface area contributed by atoms with E-state index in [4.69, 9.17) is 0 Å². The molecule has 2 atom stereocenters. The van der Waals surface area contributed by atoms with Gasteiger partial charge in [-0.15, -0.1) is 0 Å². The number of nitrogens with one attached hydrogen (secondary N) is 2. The van der Waals surface area contributed by atoms with Gasteiger partial charge in [0.25, 0.3) is 0 Å². The zero-order chi connectivity index (χ0) is 16.0. The van der Waals surface area contributed by atoms with Crippen molar-refractivity contribution in [1.29, 1.82) is 0 Å². The first kappa shape index (κ1) is 18.3. The normalized spacial score (nSPS) is 15.1. The standard InChI is InChI=1S/C14H24N2O3S2/c1-11(2)15-9-13-5-7-14(8-6-13)21(18,19)16-12(3)10-20(4)17/h5-8,11-12,15-16H,9-10H2,1-4H3. The molecule has 21 heavy (non-hydrogen) atoms. The molecule has 0 saturated heterocycles. The van der Waals surface area contributed by atoms with Gasteiger partial charge in [-0.2, -0.15) is 0 Å². The van der Waals surface area contributed by atoms with Crippen molar-refractivity contribution in [3.8, 4) is 0 Å². The van der Waals surface area contributed by atoms with E-state index in [1.54, 1.807) is 37.4 Å². The first-order valence-corrected chi connectivity index (χ1v) is 10.1. The van der Waals surface area contributed by atoms with Crippen molar-refractivity contribution >= 4 is 20.8 Å². The second-order valence-electron chi connectivity index (χ2n) is 5.44. The highest BCUT2D eigenvalue weighted by Gasteiger charge is 2.17. The summed E-state index contributed by atoms with van der Waals surface area (Å²) in [7, 11) is -4.59. The maximum absolute atomic E-state index is 12.2. The molecule has 0 fully saturated rings. The summed E-state index contributed by atoms with van der Waals surface area (Å²) >= 11 is 0. The number of benzene rings is 1. The molecular weight excluding hydrogens is 308 g/mol. The second kappa shape index (κ2) is 8.03. The molecule has 0 aliphatic carbocycles. The molecule has 0 heterocycles. The number of hydrogen-bond acceptors (Lipinski definition) is 4. The average Bonchev–Trinajstić information content (AvgIpc) is 2.35. The Labute approximate surface area is 130 Å². The fourth-order valence-electron chi connectivity index (χ4n) is 1.83.